The lowest BCUT2D eigenvalue weighted by Crippen LogP contribution is -2.37. The van der Waals surface area contributed by atoms with E-state index in [-0.39, 0.29) is 18.6 Å². The molecule has 2 rings (SSSR count). The summed E-state index contributed by atoms with van der Waals surface area (Å²) in [4.78, 5) is 12.4. The predicted octanol–water partition coefficient (Wildman–Crippen LogP) is 2.08. The van der Waals surface area contributed by atoms with Gasteiger partial charge in [-0.15, -0.1) is 0 Å². The highest BCUT2D eigenvalue weighted by Crippen LogP contribution is 2.11. The normalized spacial score (nSPS) is 12.1. The third kappa shape index (κ3) is 4.84. The number of benzene rings is 1. The van der Waals surface area contributed by atoms with Gasteiger partial charge in [-0.3, -0.25) is 9.48 Å². The average molecular weight is 333 g/mol. The molecule has 6 heteroatoms. The average Bonchev–Trinajstić information content (AvgIpc) is 2.90. The standard InChI is InChI=1S/C17H23N3O2S/c1-13-16(17(22)19-15(8-9-21)12-23-2)10-18-20(13)11-14-6-4-3-5-7-14/h3-7,10,15,21H,8-9,11-12H2,1-2H3,(H,19,22). The minimum atomic E-state index is -0.130. The molecule has 1 heterocycles. The van der Waals surface area contributed by atoms with Crippen LogP contribution in [-0.4, -0.2) is 45.5 Å². The number of aliphatic hydroxyl groups is 1. The number of aliphatic hydroxyl groups excluding tert-OH is 1. The van der Waals surface area contributed by atoms with Crippen LogP contribution in [0.25, 0.3) is 0 Å². The zero-order valence-electron chi connectivity index (χ0n) is 13.5. The molecule has 0 saturated carbocycles. The van der Waals surface area contributed by atoms with Gasteiger partial charge in [-0.05, 0) is 25.2 Å². The molecule has 0 radical (unpaired) electrons. The molecule has 0 saturated heterocycles. The minimum absolute atomic E-state index is 0.0284. The van der Waals surface area contributed by atoms with E-state index >= 15 is 0 Å². The van der Waals surface area contributed by atoms with Gasteiger partial charge in [0.05, 0.1) is 18.3 Å². The maximum absolute atomic E-state index is 12.4. The molecule has 0 aliphatic rings. The van der Waals surface area contributed by atoms with Gasteiger partial charge in [-0.25, -0.2) is 0 Å². The summed E-state index contributed by atoms with van der Waals surface area (Å²) in [6.45, 7) is 2.61. The van der Waals surface area contributed by atoms with Crippen molar-refractivity contribution in [1.82, 2.24) is 15.1 Å². The fourth-order valence-corrected chi connectivity index (χ4v) is 3.05. The zero-order valence-corrected chi connectivity index (χ0v) is 14.3. The first-order valence-electron chi connectivity index (χ1n) is 7.62. The van der Waals surface area contributed by atoms with Crippen LogP contribution in [0.5, 0.6) is 0 Å². The number of rotatable bonds is 8. The predicted molar refractivity (Wildman–Crippen MR) is 93.8 cm³/mol. The molecule has 1 aromatic carbocycles. The van der Waals surface area contributed by atoms with Crippen molar-refractivity contribution in [2.45, 2.75) is 25.9 Å². The van der Waals surface area contributed by atoms with E-state index < -0.39 is 0 Å². The van der Waals surface area contributed by atoms with Gasteiger partial charge >= 0.3 is 0 Å². The maximum Gasteiger partial charge on any atom is 0.254 e. The largest absolute Gasteiger partial charge is 0.396 e. The Labute approximate surface area is 141 Å². The molecular formula is C17H23N3O2S. The van der Waals surface area contributed by atoms with Crippen molar-refractivity contribution in [3.63, 3.8) is 0 Å². The number of nitrogens with one attached hydrogen (secondary N) is 1. The number of aromatic nitrogens is 2. The van der Waals surface area contributed by atoms with Gasteiger partial charge in [-0.2, -0.15) is 16.9 Å². The number of hydrogen-bond acceptors (Lipinski definition) is 4. The summed E-state index contributed by atoms with van der Waals surface area (Å²) in [5.74, 6) is 0.651. The van der Waals surface area contributed by atoms with Crippen LogP contribution < -0.4 is 5.32 Å². The van der Waals surface area contributed by atoms with E-state index in [1.165, 1.54) is 0 Å². The Hall–Kier alpha value is -1.79. The van der Waals surface area contributed by atoms with Crippen LogP contribution in [0.4, 0.5) is 0 Å². The summed E-state index contributed by atoms with van der Waals surface area (Å²) in [6.07, 6.45) is 4.16. The fraction of sp³-hybridized carbons (Fsp3) is 0.412. The smallest absolute Gasteiger partial charge is 0.254 e. The van der Waals surface area contributed by atoms with E-state index in [1.807, 2.05) is 48.2 Å². The second-order valence-corrected chi connectivity index (χ2v) is 6.34. The van der Waals surface area contributed by atoms with Crippen molar-refractivity contribution >= 4 is 17.7 Å². The Kier molecular flexibility index (Phi) is 6.67. The number of hydrogen-bond donors (Lipinski definition) is 2. The van der Waals surface area contributed by atoms with Crippen molar-refractivity contribution in [3.8, 4) is 0 Å². The van der Waals surface area contributed by atoms with Gasteiger partial charge in [0.15, 0.2) is 0 Å². The number of amides is 1. The lowest BCUT2D eigenvalue weighted by Gasteiger charge is -2.16. The Morgan fingerprint density at radius 3 is 2.78 bits per heavy atom. The molecule has 0 fully saturated rings. The molecule has 5 nitrogen and oxygen atoms in total. The van der Waals surface area contributed by atoms with Crippen LogP contribution in [0.15, 0.2) is 36.5 Å². The fourth-order valence-electron chi connectivity index (χ4n) is 2.40. The summed E-state index contributed by atoms with van der Waals surface area (Å²) < 4.78 is 1.83. The quantitative estimate of drug-likeness (QED) is 0.776. The second-order valence-electron chi connectivity index (χ2n) is 5.42. The summed E-state index contributed by atoms with van der Waals surface area (Å²) in [7, 11) is 0. The van der Waals surface area contributed by atoms with E-state index in [1.54, 1.807) is 18.0 Å². The van der Waals surface area contributed by atoms with Gasteiger partial charge in [0, 0.05) is 24.1 Å². The van der Waals surface area contributed by atoms with E-state index in [0.29, 0.717) is 18.5 Å². The molecule has 0 bridgehead atoms. The summed E-state index contributed by atoms with van der Waals surface area (Å²) in [6, 6.07) is 10.0. The zero-order chi connectivity index (χ0) is 16.7. The van der Waals surface area contributed by atoms with Crippen LogP contribution in [0.2, 0.25) is 0 Å². The van der Waals surface area contributed by atoms with Crippen LogP contribution in [0.1, 0.15) is 28.0 Å². The Morgan fingerprint density at radius 1 is 1.39 bits per heavy atom. The Bertz CT molecular complexity index is 622. The van der Waals surface area contributed by atoms with E-state index in [4.69, 9.17) is 5.11 Å². The molecule has 0 aliphatic heterocycles. The van der Waals surface area contributed by atoms with Crippen LogP contribution in [0, 0.1) is 6.92 Å². The molecule has 1 unspecified atom stereocenters. The van der Waals surface area contributed by atoms with E-state index in [0.717, 1.165) is 17.0 Å². The Morgan fingerprint density at radius 2 is 2.13 bits per heavy atom. The van der Waals surface area contributed by atoms with Gasteiger partial charge < -0.3 is 10.4 Å². The van der Waals surface area contributed by atoms with Crippen molar-refractivity contribution in [3.05, 3.63) is 53.3 Å². The molecule has 1 amide bonds. The van der Waals surface area contributed by atoms with Crippen molar-refractivity contribution in [2.24, 2.45) is 0 Å². The molecule has 0 aliphatic carbocycles. The molecule has 0 spiro atoms. The van der Waals surface area contributed by atoms with E-state index in [2.05, 4.69) is 10.4 Å². The lowest BCUT2D eigenvalue weighted by molar-refractivity contribution is 0.0934. The first-order chi connectivity index (χ1) is 11.2. The van der Waals surface area contributed by atoms with Gasteiger partial charge in [0.2, 0.25) is 0 Å². The summed E-state index contributed by atoms with van der Waals surface area (Å²) in [5, 5.41) is 16.4. The number of carbonyl (C=O) groups is 1. The SMILES string of the molecule is CSCC(CCO)NC(=O)c1cnn(Cc2ccccc2)c1C. The van der Waals surface area contributed by atoms with Crippen LogP contribution in [0.3, 0.4) is 0 Å². The molecule has 2 N–H and O–H groups in total. The second kappa shape index (κ2) is 8.74. The molecular weight excluding hydrogens is 310 g/mol. The third-order valence-electron chi connectivity index (χ3n) is 3.70. The molecule has 2 aromatic rings. The first kappa shape index (κ1) is 17.6. The molecule has 1 aromatic heterocycles. The van der Waals surface area contributed by atoms with Crippen molar-refractivity contribution in [1.29, 1.82) is 0 Å². The number of nitrogens with zero attached hydrogens (tertiary/aromatic N) is 2. The minimum Gasteiger partial charge on any atom is -0.396 e. The van der Waals surface area contributed by atoms with Crippen molar-refractivity contribution < 1.29 is 9.90 Å². The van der Waals surface area contributed by atoms with Crippen LogP contribution >= 0.6 is 11.8 Å². The summed E-state index contributed by atoms with van der Waals surface area (Å²) in [5.41, 5.74) is 2.58. The van der Waals surface area contributed by atoms with Crippen LogP contribution in [-0.2, 0) is 6.54 Å². The number of thioether (sulfide) groups is 1. The molecule has 23 heavy (non-hydrogen) atoms. The summed E-state index contributed by atoms with van der Waals surface area (Å²) >= 11 is 1.65. The van der Waals surface area contributed by atoms with E-state index in [9.17, 15) is 4.79 Å². The van der Waals surface area contributed by atoms with Gasteiger partial charge in [0.1, 0.15) is 0 Å². The highest BCUT2D eigenvalue weighted by Gasteiger charge is 2.18. The topological polar surface area (TPSA) is 67.2 Å². The highest BCUT2D eigenvalue weighted by atomic mass is 32.2. The lowest BCUT2D eigenvalue weighted by atomic mass is 10.2. The van der Waals surface area contributed by atoms with Crippen molar-refractivity contribution in [2.75, 3.05) is 18.6 Å². The molecule has 124 valence electrons. The van der Waals surface area contributed by atoms with Gasteiger partial charge in [-0.1, -0.05) is 30.3 Å². The van der Waals surface area contributed by atoms with Gasteiger partial charge in [0.25, 0.3) is 5.91 Å². The third-order valence-corrected chi connectivity index (χ3v) is 4.44. The highest BCUT2D eigenvalue weighted by molar-refractivity contribution is 7.98. The number of carbonyl (C=O) groups excluding carboxylic acids is 1. The molecule has 1 atom stereocenters. The maximum atomic E-state index is 12.4. The Balaban J connectivity index is 2.07. The first-order valence-corrected chi connectivity index (χ1v) is 9.02. The monoisotopic (exact) mass is 333 g/mol.